The smallest absolute Gasteiger partial charge is 0.344 e. The van der Waals surface area contributed by atoms with E-state index in [9.17, 15) is 10.5 Å². The fourth-order valence-corrected chi connectivity index (χ4v) is 5.10. The second kappa shape index (κ2) is 8.41. The van der Waals surface area contributed by atoms with Crippen molar-refractivity contribution >= 4 is 39.0 Å². The summed E-state index contributed by atoms with van der Waals surface area (Å²) in [4.78, 5) is 18.0. The number of hydrogen-bond acceptors (Lipinski definition) is 5. The van der Waals surface area contributed by atoms with Crippen LogP contribution in [-0.4, -0.2) is 28.7 Å². The highest BCUT2D eigenvalue weighted by Crippen LogP contribution is 2.40. The van der Waals surface area contributed by atoms with Gasteiger partial charge in [0.25, 0.3) is 0 Å². The molecule has 7 rings (SSSR count). The average Bonchev–Trinajstić information content (AvgIpc) is 3.69. The van der Waals surface area contributed by atoms with Crippen LogP contribution in [-0.2, 0) is 0 Å². The number of rotatable bonds is 3. The number of fused-ring (bicyclic) bond motifs is 6. The van der Waals surface area contributed by atoms with E-state index in [4.69, 9.17) is 21.5 Å². The quantitative estimate of drug-likeness (QED) is 0.276. The van der Waals surface area contributed by atoms with Crippen molar-refractivity contribution in [1.82, 2.24) is 28.7 Å². The minimum atomic E-state index is 0.136. The van der Waals surface area contributed by atoms with Gasteiger partial charge in [0.15, 0.2) is 11.0 Å². The van der Waals surface area contributed by atoms with E-state index in [1.165, 1.54) is 0 Å². The second-order valence-corrected chi connectivity index (χ2v) is 8.72. The van der Waals surface area contributed by atoms with Crippen LogP contribution in [0.3, 0.4) is 0 Å². The fraction of sp³-hybridized carbons (Fsp3) is 0. The molecule has 0 amide bonds. The first-order chi connectivity index (χ1) is 19.2. The molecule has 180 valence electrons. The molecule has 0 aliphatic carbocycles. The molecule has 0 saturated heterocycles. The van der Waals surface area contributed by atoms with Crippen LogP contribution in [0.25, 0.3) is 55.0 Å². The maximum Gasteiger partial charge on any atom is 0.344 e. The van der Waals surface area contributed by atoms with Gasteiger partial charge in [-0.05, 0) is 36.4 Å². The molecule has 9 heteroatoms. The molecule has 0 radical (unpaired) electrons. The van der Waals surface area contributed by atoms with Crippen molar-refractivity contribution in [2.24, 2.45) is 0 Å². The first-order valence-corrected chi connectivity index (χ1v) is 12.0. The van der Waals surface area contributed by atoms with Crippen LogP contribution in [0.15, 0.2) is 91.0 Å². The van der Waals surface area contributed by atoms with Gasteiger partial charge in [0.05, 0.1) is 5.69 Å². The lowest BCUT2D eigenvalue weighted by Gasteiger charge is -2.08. The van der Waals surface area contributed by atoms with Crippen molar-refractivity contribution in [3.63, 3.8) is 0 Å². The third-order valence-electron chi connectivity index (χ3n) is 6.63. The van der Waals surface area contributed by atoms with Crippen LogP contribution in [0.2, 0.25) is 0 Å². The molecule has 0 atom stereocenters. The van der Waals surface area contributed by atoms with Gasteiger partial charge in [0, 0.05) is 11.4 Å². The Balaban J connectivity index is 1.81. The van der Waals surface area contributed by atoms with Crippen molar-refractivity contribution in [3.05, 3.63) is 114 Å². The summed E-state index contributed by atoms with van der Waals surface area (Å²) in [6.45, 7) is 7.95. The summed E-state index contributed by atoms with van der Waals surface area (Å²) < 4.78 is 5.25. The number of nitriles is 2. The van der Waals surface area contributed by atoms with E-state index in [2.05, 4.69) is 17.0 Å². The van der Waals surface area contributed by atoms with Gasteiger partial charge in [-0.3, -0.25) is 13.7 Å². The van der Waals surface area contributed by atoms with Gasteiger partial charge in [-0.25, -0.2) is 9.97 Å². The molecule has 39 heavy (non-hydrogen) atoms. The molecule has 0 fully saturated rings. The van der Waals surface area contributed by atoms with Crippen LogP contribution in [0, 0.1) is 29.2 Å². The van der Waals surface area contributed by atoms with Crippen LogP contribution in [0.1, 0.15) is 11.6 Å². The summed E-state index contributed by atoms with van der Waals surface area (Å²) >= 11 is 0. The highest BCUT2D eigenvalue weighted by Gasteiger charge is 2.31. The molecule has 3 heterocycles. The lowest BCUT2D eigenvalue weighted by Crippen LogP contribution is -1.99. The van der Waals surface area contributed by atoms with Crippen molar-refractivity contribution in [2.75, 3.05) is 0 Å². The predicted molar refractivity (Wildman–Crippen MR) is 146 cm³/mol. The number of nitrogens with zero attached hydrogens (tertiary/aromatic N) is 9. The fourth-order valence-electron chi connectivity index (χ4n) is 5.10. The molecule has 3 aromatic heterocycles. The van der Waals surface area contributed by atoms with Crippen LogP contribution in [0.4, 0.5) is 5.95 Å². The summed E-state index contributed by atoms with van der Waals surface area (Å²) in [5.74, 6) is 0.447. The molecule has 0 unspecified atom stereocenters. The van der Waals surface area contributed by atoms with Crippen molar-refractivity contribution in [3.8, 4) is 29.2 Å². The lowest BCUT2D eigenvalue weighted by molar-refractivity contribution is 1.05. The highest BCUT2D eigenvalue weighted by molar-refractivity contribution is 6.21. The van der Waals surface area contributed by atoms with Crippen molar-refractivity contribution in [1.29, 1.82) is 10.5 Å². The van der Waals surface area contributed by atoms with Gasteiger partial charge in [-0.15, -0.1) is 11.6 Å². The van der Waals surface area contributed by atoms with E-state index in [0.29, 0.717) is 33.1 Å². The maximum absolute atomic E-state index is 10.2. The predicted octanol–water partition coefficient (Wildman–Crippen LogP) is 6.00. The monoisotopic (exact) mass is 501 g/mol. The molecule has 0 aliphatic rings. The molecule has 0 spiro atoms. The SMILES string of the molecule is [C-]#[N+]c1nc2c3c(nc(C#N)n3-c3ccccc3)c3c(nc(C#N)n3-c3ccccc3)c2n1-c1ccccc1. The zero-order valence-corrected chi connectivity index (χ0v) is 20.2. The molecule has 9 nitrogen and oxygen atoms in total. The molecular formula is C30H15N9. The summed E-state index contributed by atoms with van der Waals surface area (Å²) in [6, 6.07) is 32.8. The largest absolute Gasteiger partial charge is 0.396 e. The Morgan fingerprint density at radius 1 is 0.538 bits per heavy atom. The number of hydrogen-bond donors (Lipinski definition) is 0. The van der Waals surface area contributed by atoms with E-state index in [1.807, 2.05) is 91.0 Å². The molecule has 0 saturated carbocycles. The minimum absolute atomic E-state index is 0.136. The lowest BCUT2D eigenvalue weighted by atomic mass is 10.2. The average molecular weight is 502 g/mol. The molecule has 0 N–H and O–H groups in total. The zero-order valence-electron chi connectivity index (χ0n) is 20.2. The summed E-state index contributed by atoms with van der Waals surface area (Å²) in [5, 5.41) is 20.3. The van der Waals surface area contributed by atoms with Gasteiger partial charge >= 0.3 is 5.95 Å². The maximum atomic E-state index is 10.2. The molecular weight excluding hydrogens is 486 g/mol. The van der Waals surface area contributed by atoms with Crippen LogP contribution in [0.5, 0.6) is 0 Å². The highest BCUT2D eigenvalue weighted by atomic mass is 15.2. The Labute approximate surface area is 221 Å². The summed E-state index contributed by atoms with van der Waals surface area (Å²) in [5.41, 5.74) is 5.24. The summed E-state index contributed by atoms with van der Waals surface area (Å²) in [6.07, 6.45) is 0. The first kappa shape index (κ1) is 22.0. The van der Waals surface area contributed by atoms with Gasteiger partial charge in [-0.2, -0.15) is 10.5 Å². The Morgan fingerprint density at radius 3 is 1.28 bits per heavy atom. The topological polar surface area (TPSA) is 105 Å². The number of para-hydroxylation sites is 3. The Bertz CT molecular complexity index is 1900. The number of aromatic nitrogens is 6. The van der Waals surface area contributed by atoms with Crippen molar-refractivity contribution in [2.45, 2.75) is 0 Å². The molecule has 7 aromatic rings. The zero-order chi connectivity index (χ0) is 26.5. The van der Waals surface area contributed by atoms with Gasteiger partial charge < -0.3 is 4.85 Å². The van der Waals surface area contributed by atoms with Crippen molar-refractivity contribution < 1.29 is 0 Å². The first-order valence-electron chi connectivity index (χ1n) is 12.0. The van der Waals surface area contributed by atoms with E-state index in [0.717, 1.165) is 17.1 Å². The van der Waals surface area contributed by atoms with Crippen LogP contribution >= 0.6 is 0 Å². The number of imidazole rings is 3. The van der Waals surface area contributed by atoms with E-state index in [-0.39, 0.29) is 17.6 Å². The molecule has 0 aliphatic heterocycles. The van der Waals surface area contributed by atoms with E-state index in [1.54, 1.807) is 13.7 Å². The Kier molecular flexibility index (Phi) is 4.75. The number of benzene rings is 4. The van der Waals surface area contributed by atoms with Crippen LogP contribution < -0.4 is 0 Å². The third-order valence-corrected chi connectivity index (χ3v) is 6.63. The normalized spacial score (nSPS) is 11.0. The second-order valence-electron chi connectivity index (χ2n) is 8.72. The summed E-state index contributed by atoms with van der Waals surface area (Å²) in [7, 11) is 0. The van der Waals surface area contributed by atoms with Gasteiger partial charge in [0.1, 0.15) is 34.2 Å². The Hall–Kier alpha value is -6.24. The van der Waals surface area contributed by atoms with E-state index < -0.39 is 0 Å². The standard InChI is InChI=1S/C30H15N9/c1-33-30-36-26-28-24(34-22(17-31)38(28)20-13-7-3-8-14-20)27-25(29(26)39(30)21-15-9-4-10-16-21)35-23(18-32)37(27)19-11-5-2-6-12-19/h2-16H. The van der Waals surface area contributed by atoms with Gasteiger partial charge in [-0.1, -0.05) is 54.6 Å². The van der Waals surface area contributed by atoms with E-state index >= 15 is 0 Å². The third kappa shape index (κ3) is 3.07. The Morgan fingerprint density at radius 2 is 0.897 bits per heavy atom. The van der Waals surface area contributed by atoms with Gasteiger partial charge in [0.2, 0.25) is 11.6 Å². The molecule has 0 bridgehead atoms. The molecule has 4 aromatic carbocycles. The minimum Gasteiger partial charge on any atom is -0.396 e.